The molecule has 1 amide bonds. The van der Waals surface area contributed by atoms with E-state index in [4.69, 9.17) is 4.74 Å². The van der Waals surface area contributed by atoms with Gasteiger partial charge in [-0.3, -0.25) is 4.79 Å². The molecule has 1 unspecified atom stereocenters. The Morgan fingerprint density at radius 1 is 1.18 bits per heavy atom. The van der Waals surface area contributed by atoms with Crippen LogP contribution in [-0.4, -0.2) is 22.9 Å². The molecule has 1 aliphatic rings. The maximum Gasteiger partial charge on any atom is 0.336 e. The van der Waals surface area contributed by atoms with E-state index in [1.807, 2.05) is 32.0 Å². The number of hydrogen-bond acceptors (Lipinski definition) is 4. The normalized spacial score (nSPS) is 16.7. The number of carbonyl (C=O) groups is 2. The standard InChI is InChI=1S/C28H32N2O3/c1-18(2)33-27(32)26-19(3)30(17-21-9-7-8-20(14-21)16-29)25(31)15-24(26)22-10-12-23(13-11-22)28(4,5)6/h7-14,18,24H,15,17H2,1-6H3. The van der Waals surface area contributed by atoms with Gasteiger partial charge in [0.1, 0.15) is 0 Å². The van der Waals surface area contributed by atoms with Gasteiger partial charge in [-0.05, 0) is 55.0 Å². The minimum atomic E-state index is -0.393. The number of esters is 1. The summed E-state index contributed by atoms with van der Waals surface area (Å²) in [6, 6.07) is 17.5. The summed E-state index contributed by atoms with van der Waals surface area (Å²) in [6.07, 6.45) is -0.0766. The third-order valence-electron chi connectivity index (χ3n) is 5.96. The summed E-state index contributed by atoms with van der Waals surface area (Å²) in [5.41, 5.74) is 4.63. The average Bonchev–Trinajstić information content (AvgIpc) is 2.75. The van der Waals surface area contributed by atoms with Crippen LogP contribution in [-0.2, 0) is 26.3 Å². The summed E-state index contributed by atoms with van der Waals surface area (Å²) in [4.78, 5) is 28.0. The molecule has 1 heterocycles. The number of amides is 1. The fourth-order valence-electron chi connectivity index (χ4n) is 4.17. The van der Waals surface area contributed by atoms with E-state index < -0.39 is 5.97 Å². The number of allylic oxidation sites excluding steroid dienone is 1. The van der Waals surface area contributed by atoms with Gasteiger partial charge in [0.2, 0.25) is 5.91 Å². The van der Waals surface area contributed by atoms with E-state index >= 15 is 0 Å². The third-order valence-corrected chi connectivity index (χ3v) is 5.96. The van der Waals surface area contributed by atoms with Crippen LogP contribution in [0, 0.1) is 11.3 Å². The zero-order chi connectivity index (χ0) is 24.3. The number of hydrogen-bond donors (Lipinski definition) is 0. The molecule has 1 aliphatic heterocycles. The summed E-state index contributed by atoms with van der Waals surface area (Å²) in [7, 11) is 0. The topological polar surface area (TPSA) is 70.4 Å². The van der Waals surface area contributed by atoms with Crippen LogP contribution < -0.4 is 0 Å². The molecular weight excluding hydrogens is 412 g/mol. The van der Waals surface area contributed by atoms with Gasteiger partial charge in [0.15, 0.2) is 0 Å². The first-order valence-electron chi connectivity index (χ1n) is 11.3. The monoisotopic (exact) mass is 444 g/mol. The van der Waals surface area contributed by atoms with Crippen LogP contribution in [0.3, 0.4) is 0 Å². The molecule has 5 nitrogen and oxygen atoms in total. The van der Waals surface area contributed by atoms with E-state index in [1.54, 1.807) is 30.0 Å². The van der Waals surface area contributed by atoms with Crippen molar-refractivity contribution in [1.29, 1.82) is 5.26 Å². The minimum absolute atomic E-state index is 0.0147. The zero-order valence-electron chi connectivity index (χ0n) is 20.3. The summed E-state index contributed by atoms with van der Waals surface area (Å²) >= 11 is 0. The number of nitrogens with zero attached hydrogens (tertiary/aromatic N) is 2. The van der Waals surface area contributed by atoms with Crippen molar-refractivity contribution < 1.29 is 14.3 Å². The largest absolute Gasteiger partial charge is 0.460 e. The van der Waals surface area contributed by atoms with Gasteiger partial charge in [-0.2, -0.15) is 5.26 Å². The highest BCUT2D eigenvalue weighted by atomic mass is 16.5. The number of nitriles is 1. The first-order chi connectivity index (χ1) is 15.5. The fourth-order valence-corrected chi connectivity index (χ4v) is 4.17. The maximum absolute atomic E-state index is 13.2. The molecule has 1 atom stereocenters. The number of benzene rings is 2. The van der Waals surface area contributed by atoms with Gasteiger partial charge >= 0.3 is 5.97 Å². The van der Waals surface area contributed by atoms with E-state index in [1.165, 1.54) is 5.56 Å². The smallest absolute Gasteiger partial charge is 0.336 e. The van der Waals surface area contributed by atoms with Crippen molar-refractivity contribution in [2.45, 2.75) is 71.9 Å². The lowest BCUT2D eigenvalue weighted by Gasteiger charge is -2.35. The van der Waals surface area contributed by atoms with E-state index in [0.717, 1.165) is 11.1 Å². The Balaban J connectivity index is 2.03. The summed E-state index contributed by atoms with van der Waals surface area (Å²) in [6.45, 7) is 12.2. The molecule has 0 saturated carbocycles. The highest BCUT2D eigenvalue weighted by molar-refractivity contribution is 5.96. The minimum Gasteiger partial charge on any atom is -0.460 e. The molecular formula is C28H32N2O3. The zero-order valence-corrected chi connectivity index (χ0v) is 20.3. The van der Waals surface area contributed by atoms with Crippen molar-refractivity contribution in [1.82, 2.24) is 4.90 Å². The van der Waals surface area contributed by atoms with Crippen LogP contribution in [0.15, 0.2) is 59.8 Å². The van der Waals surface area contributed by atoms with Crippen LogP contribution in [0.5, 0.6) is 0 Å². The second kappa shape index (κ2) is 9.62. The van der Waals surface area contributed by atoms with Crippen molar-refractivity contribution in [2.24, 2.45) is 0 Å². The van der Waals surface area contributed by atoms with Gasteiger partial charge in [-0.25, -0.2) is 4.79 Å². The SMILES string of the molecule is CC1=C(C(=O)OC(C)C)C(c2ccc(C(C)(C)C)cc2)CC(=O)N1Cc1cccc(C#N)c1. The highest BCUT2D eigenvalue weighted by Gasteiger charge is 2.37. The molecule has 2 aromatic carbocycles. The molecule has 172 valence electrons. The van der Waals surface area contributed by atoms with Crippen molar-refractivity contribution in [3.05, 3.63) is 82.1 Å². The summed E-state index contributed by atoms with van der Waals surface area (Å²) < 4.78 is 5.58. The lowest BCUT2D eigenvalue weighted by atomic mass is 9.81. The van der Waals surface area contributed by atoms with E-state index in [2.05, 4.69) is 39.0 Å². The first kappa shape index (κ1) is 24.3. The Kier molecular flexibility index (Phi) is 7.07. The predicted molar refractivity (Wildman–Crippen MR) is 128 cm³/mol. The molecule has 0 aromatic heterocycles. The molecule has 3 rings (SSSR count). The number of ether oxygens (including phenoxy) is 1. The van der Waals surface area contributed by atoms with Crippen LogP contribution >= 0.6 is 0 Å². The van der Waals surface area contributed by atoms with Gasteiger partial charge in [0, 0.05) is 18.0 Å². The second-order valence-corrected chi connectivity index (χ2v) is 9.87. The van der Waals surface area contributed by atoms with Gasteiger partial charge in [0.05, 0.1) is 29.9 Å². The van der Waals surface area contributed by atoms with Crippen LogP contribution in [0.4, 0.5) is 0 Å². The lowest BCUT2D eigenvalue weighted by molar-refractivity contribution is -0.143. The Morgan fingerprint density at radius 3 is 2.42 bits per heavy atom. The molecule has 0 bridgehead atoms. The van der Waals surface area contributed by atoms with E-state index in [-0.39, 0.29) is 29.8 Å². The molecule has 5 heteroatoms. The van der Waals surface area contributed by atoms with E-state index in [9.17, 15) is 14.9 Å². The van der Waals surface area contributed by atoms with Crippen molar-refractivity contribution >= 4 is 11.9 Å². The van der Waals surface area contributed by atoms with Crippen molar-refractivity contribution in [3.8, 4) is 6.07 Å². The van der Waals surface area contributed by atoms with Crippen molar-refractivity contribution in [3.63, 3.8) is 0 Å². The van der Waals surface area contributed by atoms with Crippen LogP contribution in [0.2, 0.25) is 0 Å². The van der Waals surface area contributed by atoms with Gasteiger partial charge in [-0.15, -0.1) is 0 Å². The lowest BCUT2D eigenvalue weighted by Crippen LogP contribution is -2.38. The Labute approximate surface area is 196 Å². The van der Waals surface area contributed by atoms with Crippen LogP contribution in [0.1, 0.15) is 76.1 Å². The highest BCUT2D eigenvalue weighted by Crippen LogP contribution is 2.38. The second-order valence-electron chi connectivity index (χ2n) is 9.87. The Hall–Kier alpha value is -3.39. The molecule has 0 spiro atoms. The van der Waals surface area contributed by atoms with Crippen LogP contribution in [0.25, 0.3) is 0 Å². The predicted octanol–water partition coefficient (Wildman–Crippen LogP) is 5.60. The third kappa shape index (κ3) is 5.51. The molecule has 2 aromatic rings. The number of carbonyl (C=O) groups excluding carboxylic acids is 2. The molecule has 0 radical (unpaired) electrons. The summed E-state index contributed by atoms with van der Waals surface area (Å²) in [5.74, 6) is -0.809. The quantitative estimate of drug-likeness (QED) is 0.563. The van der Waals surface area contributed by atoms with E-state index in [0.29, 0.717) is 23.4 Å². The van der Waals surface area contributed by atoms with Gasteiger partial charge in [0.25, 0.3) is 0 Å². The molecule has 0 N–H and O–H groups in total. The van der Waals surface area contributed by atoms with Crippen molar-refractivity contribution in [2.75, 3.05) is 0 Å². The molecule has 0 aliphatic carbocycles. The van der Waals surface area contributed by atoms with Gasteiger partial charge in [-0.1, -0.05) is 57.2 Å². The Morgan fingerprint density at radius 2 is 1.85 bits per heavy atom. The molecule has 33 heavy (non-hydrogen) atoms. The summed E-state index contributed by atoms with van der Waals surface area (Å²) in [5, 5.41) is 9.20. The maximum atomic E-state index is 13.2. The average molecular weight is 445 g/mol. The first-order valence-corrected chi connectivity index (χ1v) is 11.3. The number of rotatable bonds is 5. The molecule has 0 fully saturated rings. The Bertz CT molecular complexity index is 1120. The van der Waals surface area contributed by atoms with Gasteiger partial charge < -0.3 is 9.64 Å². The fraction of sp³-hybridized carbons (Fsp3) is 0.393. The molecule has 0 saturated heterocycles.